The first-order valence-electron chi connectivity index (χ1n) is 2.94. The molecule has 0 N–H and O–H groups in total. The fourth-order valence-corrected chi connectivity index (χ4v) is 0.933. The van der Waals surface area contributed by atoms with Crippen molar-refractivity contribution in [2.75, 3.05) is 0 Å². The Morgan fingerprint density at radius 2 is 1.40 bits per heavy atom. The predicted octanol–water partition coefficient (Wildman–Crippen LogP) is -1.62. The molecule has 0 amide bonds. The SMILES string of the molecule is Cc1cc(C)cc([O-])c1.[Na+]. The number of aryl methyl sites for hydroxylation is 2. The van der Waals surface area contributed by atoms with Gasteiger partial charge in [-0.1, -0.05) is 29.3 Å². The number of benzene rings is 1. The molecular weight excluding hydrogens is 135 g/mol. The van der Waals surface area contributed by atoms with Crippen molar-refractivity contribution in [3.8, 4) is 5.75 Å². The van der Waals surface area contributed by atoms with Crippen LogP contribution in [0, 0.1) is 13.8 Å². The molecule has 0 aliphatic rings. The number of rotatable bonds is 0. The third-order valence-electron chi connectivity index (χ3n) is 1.20. The van der Waals surface area contributed by atoms with Crippen LogP contribution < -0.4 is 34.7 Å². The van der Waals surface area contributed by atoms with Gasteiger partial charge in [0.05, 0.1) is 0 Å². The van der Waals surface area contributed by atoms with Crippen molar-refractivity contribution in [2.45, 2.75) is 13.8 Å². The van der Waals surface area contributed by atoms with Gasteiger partial charge in [0, 0.05) is 0 Å². The minimum absolute atomic E-state index is 0. The fraction of sp³-hybridized carbons (Fsp3) is 0.250. The van der Waals surface area contributed by atoms with Gasteiger partial charge >= 0.3 is 29.6 Å². The average molecular weight is 144 g/mol. The van der Waals surface area contributed by atoms with Crippen LogP contribution in [-0.4, -0.2) is 0 Å². The van der Waals surface area contributed by atoms with Crippen LogP contribution in [0.5, 0.6) is 5.75 Å². The van der Waals surface area contributed by atoms with E-state index < -0.39 is 0 Å². The Labute approximate surface area is 83.4 Å². The van der Waals surface area contributed by atoms with E-state index in [1.165, 1.54) is 0 Å². The van der Waals surface area contributed by atoms with Gasteiger partial charge < -0.3 is 5.11 Å². The third-order valence-corrected chi connectivity index (χ3v) is 1.20. The summed E-state index contributed by atoms with van der Waals surface area (Å²) in [6.45, 7) is 3.85. The van der Waals surface area contributed by atoms with Crippen LogP contribution in [0.1, 0.15) is 11.1 Å². The summed E-state index contributed by atoms with van der Waals surface area (Å²) in [5.74, 6) is 0.104. The van der Waals surface area contributed by atoms with Crippen LogP contribution in [0.3, 0.4) is 0 Å². The molecule has 0 spiro atoms. The van der Waals surface area contributed by atoms with E-state index in [2.05, 4.69) is 0 Å². The maximum atomic E-state index is 10.7. The van der Waals surface area contributed by atoms with Gasteiger partial charge in [-0.15, -0.1) is 5.75 Å². The second kappa shape index (κ2) is 4.02. The standard InChI is InChI=1S/C8H10O.Na/c1-6-3-7(2)5-8(9)4-6;/h3-5,9H,1-2H3;/q;+1/p-1. The zero-order valence-corrected chi connectivity index (χ0v) is 8.64. The van der Waals surface area contributed by atoms with E-state index in [4.69, 9.17) is 0 Å². The zero-order chi connectivity index (χ0) is 6.85. The summed E-state index contributed by atoms with van der Waals surface area (Å²) in [5.41, 5.74) is 2.08. The van der Waals surface area contributed by atoms with E-state index in [1.807, 2.05) is 19.9 Å². The smallest absolute Gasteiger partial charge is 0.872 e. The van der Waals surface area contributed by atoms with Gasteiger partial charge in [0.25, 0.3) is 0 Å². The number of hydrogen-bond acceptors (Lipinski definition) is 1. The Bertz CT molecular complexity index is 170. The topological polar surface area (TPSA) is 23.1 Å². The summed E-state index contributed by atoms with van der Waals surface area (Å²) in [5, 5.41) is 10.7. The zero-order valence-electron chi connectivity index (χ0n) is 6.64. The van der Waals surface area contributed by atoms with Gasteiger partial charge in [0.1, 0.15) is 0 Å². The minimum Gasteiger partial charge on any atom is -0.872 e. The number of hydrogen-bond donors (Lipinski definition) is 0. The monoisotopic (exact) mass is 144 g/mol. The first-order chi connectivity index (χ1) is 4.18. The van der Waals surface area contributed by atoms with Crippen LogP contribution >= 0.6 is 0 Å². The Morgan fingerprint density at radius 1 is 1.00 bits per heavy atom. The van der Waals surface area contributed by atoms with Crippen LogP contribution in [-0.2, 0) is 0 Å². The average Bonchev–Trinajstić information content (AvgIpc) is 1.59. The van der Waals surface area contributed by atoms with E-state index in [9.17, 15) is 5.11 Å². The Hall–Kier alpha value is 0.0200. The molecule has 0 unspecified atom stereocenters. The van der Waals surface area contributed by atoms with Gasteiger partial charge in [-0.3, -0.25) is 0 Å². The van der Waals surface area contributed by atoms with Gasteiger partial charge in [0.15, 0.2) is 0 Å². The van der Waals surface area contributed by atoms with Crippen LogP contribution in [0.2, 0.25) is 0 Å². The fourth-order valence-electron chi connectivity index (χ4n) is 0.933. The molecule has 0 fully saturated rings. The van der Waals surface area contributed by atoms with Crippen molar-refractivity contribution in [1.82, 2.24) is 0 Å². The minimum atomic E-state index is 0. The molecule has 2 heteroatoms. The van der Waals surface area contributed by atoms with Crippen LogP contribution in [0.4, 0.5) is 0 Å². The van der Waals surface area contributed by atoms with E-state index in [0.717, 1.165) is 11.1 Å². The second-order valence-electron chi connectivity index (χ2n) is 2.32. The molecule has 1 nitrogen and oxygen atoms in total. The van der Waals surface area contributed by atoms with Crippen LogP contribution in [0.25, 0.3) is 0 Å². The molecule has 0 atom stereocenters. The van der Waals surface area contributed by atoms with Crippen molar-refractivity contribution in [2.24, 2.45) is 0 Å². The first kappa shape index (κ1) is 10.0. The molecule has 0 aliphatic carbocycles. The van der Waals surface area contributed by atoms with E-state index in [0.29, 0.717) is 0 Å². The maximum Gasteiger partial charge on any atom is 1.00 e. The Morgan fingerprint density at radius 3 is 1.70 bits per heavy atom. The molecule has 0 radical (unpaired) electrons. The van der Waals surface area contributed by atoms with Gasteiger partial charge in [-0.05, 0) is 13.8 Å². The third kappa shape index (κ3) is 2.74. The van der Waals surface area contributed by atoms with Crippen molar-refractivity contribution in [1.29, 1.82) is 0 Å². The van der Waals surface area contributed by atoms with Crippen molar-refractivity contribution >= 4 is 0 Å². The Balaban J connectivity index is 0.000000810. The molecule has 1 aromatic carbocycles. The maximum absolute atomic E-state index is 10.7. The van der Waals surface area contributed by atoms with Gasteiger partial charge in [-0.2, -0.15) is 0 Å². The largest absolute Gasteiger partial charge is 1.00 e. The molecule has 0 saturated carbocycles. The predicted molar refractivity (Wildman–Crippen MR) is 35.4 cm³/mol. The molecule has 1 rings (SSSR count). The van der Waals surface area contributed by atoms with E-state index in [1.54, 1.807) is 12.1 Å². The van der Waals surface area contributed by atoms with Crippen molar-refractivity contribution in [3.05, 3.63) is 29.3 Å². The summed E-state index contributed by atoms with van der Waals surface area (Å²) in [6.07, 6.45) is 0. The van der Waals surface area contributed by atoms with E-state index >= 15 is 0 Å². The van der Waals surface area contributed by atoms with Crippen LogP contribution in [0.15, 0.2) is 18.2 Å². The van der Waals surface area contributed by atoms with Crippen molar-refractivity contribution < 1.29 is 34.7 Å². The summed E-state index contributed by atoms with van der Waals surface area (Å²) in [4.78, 5) is 0. The first-order valence-corrected chi connectivity index (χ1v) is 2.94. The molecule has 48 valence electrons. The van der Waals surface area contributed by atoms with Gasteiger partial charge in [-0.25, -0.2) is 0 Å². The molecule has 10 heavy (non-hydrogen) atoms. The summed E-state index contributed by atoms with van der Waals surface area (Å²) < 4.78 is 0. The van der Waals surface area contributed by atoms with E-state index in [-0.39, 0.29) is 35.3 Å². The molecule has 1 aromatic rings. The summed E-state index contributed by atoms with van der Waals surface area (Å²) in [7, 11) is 0. The quantitative estimate of drug-likeness (QED) is 0.401. The molecule has 0 heterocycles. The van der Waals surface area contributed by atoms with Crippen molar-refractivity contribution in [3.63, 3.8) is 0 Å². The Kier molecular flexibility index (Phi) is 4.02. The molecule has 0 aromatic heterocycles. The molecule has 0 bridgehead atoms. The van der Waals surface area contributed by atoms with Gasteiger partial charge in [0.2, 0.25) is 0 Å². The summed E-state index contributed by atoms with van der Waals surface area (Å²) >= 11 is 0. The normalized spacial score (nSPS) is 8.60. The summed E-state index contributed by atoms with van der Waals surface area (Å²) in [6, 6.07) is 5.25. The second-order valence-corrected chi connectivity index (χ2v) is 2.32. The molecule has 0 saturated heterocycles. The molecule has 0 aliphatic heterocycles. The molecular formula is C8H9NaO.